The molecule has 0 saturated carbocycles. The van der Waals surface area contributed by atoms with Crippen molar-refractivity contribution in [3.63, 3.8) is 0 Å². The molecule has 0 atom stereocenters. The Labute approximate surface area is 441 Å². The molecular formula is C72H50N2S. The molecule has 2 nitrogen and oxygen atoms in total. The second-order valence-corrected chi connectivity index (χ2v) is 20.8. The molecule has 0 unspecified atom stereocenters. The van der Waals surface area contributed by atoms with E-state index in [4.69, 9.17) is 0 Å². The van der Waals surface area contributed by atoms with Gasteiger partial charge in [0.2, 0.25) is 0 Å². The summed E-state index contributed by atoms with van der Waals surface area (Å²) < 4.78 is 2.66. The Morgan fingerprint density at radius 1 is 0.253 bits per heavy atom. The molecule has 14 aromatic rings. The predicted octanol–water partition coefficient (Wildman–Crippen LogP) is 21.2. The zero-order valence-electron chi connectivity index (χ0n) is 41.7. The summed E-state index contributed by atoms with van der Waals surface area (Å²) in [7, 11) is 0. The number of thiophene rings is 1. The zero-order chi connectivity index (χ0) is 50.0. The van der Waals surface area contributed by atoms with Crippen LogP contribution in [-0.2, 0) is 0 Å². The summed E-state index contributed by atoms with van der Waals surface area (Å²) in [5, 5.41) is 12.7. The number of nitrogens with zero attached hydrogens (tertiary/aromatic N) is 2. The number of anilines is 6. The number of rotatable bonds is 9. The Morgan fingerprint density at radius 3 is 1.35 bits per heavy atom. The van der Waals surface area contributed by atoms with Crippen molar-refractivity contribution in [2.24, 2.45) is 0 Å². The largest absolute Gasteiger partial charge is 0.310 e. The summed E-state index contributed by atoms with van der Waals surface area (Å²) in [5.41, 5.74) is 16.4. The molecule has 0 N–H and O–H groups in total. The first-order chi connectivity index (χ1) is 37.0. The summed E-state index contributed by atoms with van der Waals surface area (Å²) in [6, 6.07) is 98.3. The number of hydrogen-bond acceptors (Lipinski definition) is 3. The fraction of sp³-hybridized carbons (Fsp3) is 0.0278. The average Bonchev–Trinajstić information content (AvgIpc) is 3.86. The van der Waals surface area contributed by atoms with Gasteiger partial charge in [-0.2, -0.15) is 0 Å². The maximum absolute atomic E-state index is 2.43. The highest BCUT2D eigenvalue weighted by molar-refractivity contribution is 7.25. The highest BCUT2D eigenvalue weighted by Crippen LogP contribution is 2.45. The number of para-hydroxylation sites is 1. The predicted molar refractivity (Wildman–Crippen MR) is 325 cm³/mol. The van der Waals surface area contributed by atoms with Crippen LogP contribution in [0.2, 0.25) is 0 Å². The summed E-state index contributed by atoms with van der Waals surface area (Å²) in [5.74, 6) is 0. The van der Waals surface area contributed by atoms with Gasteiger partial charge in [-0.05, 0) is 181 Å². The van der Waals surface area contributed by atoms with Gasteiger partial charge in [-0.1, -0.05) is 182 Å². The molecule has 0 spiro atoms. The van der Waals surface area contributed by atoms with Crippen molar-refractivity contribution in [1.29, 1.82) is 0 Å². The zero-order valence-corrected chi connectivity index (χ0v) is 42.5. The molecule has 3 heteroatoms. The molecule has 0 radical (unpaired) electrons. The Balaban J connectivity index is 0.842. The Morgan fingerprint density at radius 2 is 0.693 bits per heavy atom. The lowest BCUT2D eigenvalue weighted by Crippen LogP contribution is -2.11. The van der Waals surface area contributed by atoms with Crippen LogP contribution in [0.5, 0.6) is 0 Å². The maximum Gasteiger partial charge on any atom is 0.0540 e. The molecule has 0 saturated heterocycles. The van der Waals surface area contributed by atoms with Crippen LogP contribution >= 0.6 is 11.3 Å². The lowest BCUT2D eigenvalue weighted by atomic mass is 9.93. The van der Waals surface area contributed by atoms with Crippen LogP contribution in [0.25, 0.3) is 96.6 Å². The molecule has 75 heavy (non-hydrogen) atoms. The monoisotopic (exact) mass is 974 g/mol. The highest BCUT2D eigenvalue weighted by atomic mass is 32.1. The molecule has 354 valence electrons. The van der Waals surface area contributed by atoms with Gasteiger partial charge in [0, 0.05) is 54.0 Å². The van der Waals surface area contributed by atoms with Crippen molar-refractivity contribution < 1.29 is 0 Å². The first-order valence-corrected chi connectivity index (χ1v) is 26.6. The Hall–Kier alpha value is -9.28. The van der Waals surface area contributed by atoms with E-state index in [-0.39, 0.29) is 0 Å². The van der Waals surface area contributed by atoms with Crippen molar-refractivity contribution >= 4 is 109 Å². The maximum atomic E-state index is 2.43. The third kappa shape index (κ3) is 7.80. The third-order valence-corrected chi connectivity index (χ3v) is 16.4. The fourth-order valence-electron chi connectivity index (χ4n) is 11.6. The van der Waals surface area contributed by atoms with Gasteiger partial charge in [-0.25, -0.2) is 0 Å². The molecule has 13 aromatic carbocycles. The fourth-order valence-corrected chi connectivity index (χ4v) is 12.7. The second-order valence-electron chi connectivity index (χ2n) is 19.8. The molecule has 14 rings (SSSR count). The van der Waals surface area contributed by atoms with Crippen LogP contribution < -0.4 is 9.80 Å². The quantitative estimate of drug-likeness (QED) is 0.133. The van der Waals surface area contributed by atoms with E-state index in [2.05, 4.69) is 291 Å². The van der Waals surface area contributed by atoms with E-state index in [1.165, 1.54) is 108 Å². The third-order valence-electron chi connectivity index (χ3n) is 15.3. The van der Waals surface area contributed by atoms with Gasteiger partial charge in [0.05, 0.1) is 5.69 Å². The average molecular weight is 975 g/mol. The van der Waals surface area contributed by atoms with Gasteiger partial charge in [0.25, 0.3) is 0 Å². The number of benzene rings is 13. The van der Waals surface area contributed by atoms with E-state index < -0.39 is 0 Å². The smallest absolute Gasteiger partial charge is 0.0540 e. The first-order valence-electron chi connectivity index (χ1n) is 25.8. The molecule has 0 fully saturated rings. The van der Waals surface area contributed by atoms with Crippen LogP contribution in [-0.4, -0.2) is 0 Å². The summed E-state index contributed by atoms with van der Waals surface area (Å²) in [4.78, 5) is 4.81. The molecule has 0 aliphatic rings. The van der Waals surface area contributed by atoms with E-state index in [0.717, 1.165) is 34.1 Å². The molecular weight excluding hydrogens is 925 g/mol. The van der Waals surface area contributed by atoms with Gasteiger partial charge < -0.3 is 9.80 Å². The van der Waals surface area contributed by atoms with Crippen LogP contribution in [0.4, 0.5) is 34.1 Å². The lowest BCUT2D eigenvalue weighted by molar-refractivity contribution is 1.27. The standard InChI is InChI=1S/C72H50N2S/c1-47-43-56(36-39-59(47)60-40-37-57(44-48(60)2)74(54-17-4-3-5-18-54)70-25-14-16-52-15-6-7-19-61(52)70)73(58-38-41-66-64-22-9-8-20-62(64)63-21-10-11-23-65(63)68(66)46-58)55-34-31-50(32-35-55)49-27-29-51(30-28-49)53-33-42-72-69(45-53)67-24-12-13-26-71(67)75-72/h3-46H,1-2H3. The van der Waals surface area contributed by atoms with Crippen molar-refractivity contribution in [3.8, 4) is 33.4 Å². The van der Waals surface area contributed by atoms with Gasteiger partial charge in [0.1, 0.15) is 0 Å². The van der Waals surface area contributed by atoms with Crippen molar-refractivity contribution in [1.82, 2.24) is 0 Å². The second kappa shape index (κ2) is 18.3. The molecule has 0 aliphatic heterocycles. The van der Waals surface area contributed by atoms with E-state index in [1.807, 2.05) is 11.3 Å². The minimum atomic E-state index is 1.10. The molecule has 1 heterocycles. The van der Waals surface area contributed by atoms with Crippen LogP contribution in [0.15, 0.2) is 267 Å². The summed E-state index contributed by atoms with van der Waals surface area (Å²) in [6.07, 6.45) is 0. The SMILES string of the molecule is Cc1cc(N(c2ccc(-c3ccc(-c4ccc5sc6ccccc6c5c4)cc3)cc2)c2ccc3c4ccccc4c4ccccc4c3c2)ccc1-c1ccc(N(c2ccccc2)c2cccc3ccccc23)cc1C. The van der Waals surface area contributed by atoms with E-state index in [0.29, 0.717) is 0 Å². The molecule has 0 amide bonds. The highest BCUT2D eigenvalue weighted by Gasteiger charge is 2.20. The Kier molecular flexibility index (Phi) is 10.9. The van der Waals surface area contributed by atoms with Crippen molar-refractivity contribution in [3.05, 3.63) is 278 Å². The number of fused-ring (bicyclic) bond motifs is 10. The normalized spacial score (nSPS) is 11.6. The van der Waals surface area contributed by atoms with Gasteiger partial charge in [-0.3, -0.25) is 0 Å². The Bertz CT molecular complexity index is 4450. The topological polar surface area (TPSA) is 6.48 Å². The van der Waals surface area contributed by atoms with Crippen LogP contribution in [0.3, 0.4) is 0 Å². The van der Waals surface area contributed by atoms with Gasteiger partial charge in [0.15, 0.2) is 0 Å². The molecule has 0 aliphatic carbocycles. The van der Waals surface area contributed by atoms with E-state index in [1.54, 1.807) is 0 Å². The molecule has 0 bridgehead atoms. The van der Waals surface area contributed by atoms with E-state index >= 15 is 0 Å². The molecule has 1 aromatic heterocycles. The van der Waals surface area contributed by atoms with Crippen LogP contribution in [0, 0.1) is 13.8 Å². The summed E-state index contributed by atoms with van der Waals surface area (Å²) >= 11 is 1.86. The summed E-state index contributed by atoms with van der Waals surface area (Å²) in [6.45, 7) is 4.50. The minimum Gasteiger partial charge on any atom is -0.310 e. The van der Waals surface area contributed by atoms with Crippen molar-refractivity contribution in [2.75, 3.05) is 9.80 Å². The number of aryl methyl sites for hydroxylation is 2. The minimum absolute atomic E-state index is 1.10. The van der Waals surface area contributed by atoms with E-state index in [9.17, 15) is 0 Å². The van der Waals surface area contributed by atoms with Gasteiger partial charge in [-0.15, -0.1) is 11.3 Å². The van der Waals surface area contributed by atoms with Gasteiger partial charge >= 0.3 is 0 Å². The number of hydrogen-bond donors (Lipinski definition) is 0. The van der Waals surface area contributed by atoms with Crippen molar-refractivity contribution in [2.45, 2.75) is 13.8 Å². The van der Waals surface area contributed by atoms with Crippen LogP contribution in [0.1, 0.15) is 11.1 Å². The lowest BCUT2D eigenvalue weighted by Gasteiger charge is -2.28. The first kappa shape index (κ1) is 44.4.